The normalized spacial score (nSPS) is 28.6. The van der Waals surface area contributed by atoms with E-state index in [1.54, 1.807) is 0 Å². The lowest BCUT2D eigenvalue weighted by atomic mass is 9.86. The quantitative estimate of drug-likeness (QED) is 0.703. The lowest BCUT2D eigenvalue weighted by Gasteiger charge is -2.44. The lowest BCUT2D eigenvalue weighted by Crippen LogP contribution is -2.64. The minimum Gasteiger partial charge on any atom is -0.336 e. The van der Waals surface area contributed by atoms with E-state index in [0.717, 1.165) is 25.8 Å². The molecule has 2 N–H and O–H groups in total. The number of rotatable bonds is 1. The molecule has 1 amide bonds. The fourth-order valence-corrected chi connectivity index (χ4v) is 2.75. The van der Waals surface area contributed by atoms with Gasteiger partial charge in [-0.05, 0) is 30.4 Å². The summed E-state index contributed by atoms with van der Waals surface area (Å²) in [5, 5.41) is 0. The Kier molecular flexibility index (Phi) is 2.21. The summed E-state index contributed by atoms with van der Waals surface area (Å²) in [6.45, 7) is 0.742. The number of hydrogen-bond donors (Lipinski definition) is 1. The van der Waals surface area contributed by atoms with Crippen molar-refractivity contribution in [1.29, 1.82) is 0 Å². The van der Waals surface area contributed by atoms with Crippen LogP contribution in [0.5, 0.6) is 0 Å². The number of nitrogens with two attached hydrogens (primary N) is 1. The molecule has 3 heteroatoms. The van der Waals surface area contributed by atoms with Crippen LogP contribution in [-0.2, 0) is 17.6 Å². The molecule has 0 radical (unpaired) electrons. The number of carbonyl (C=O) groups excluding carboxylic acids is 1. The SMILES string of the molecule is NC1CN(C2CCc3ccccc3C2)C1=O. The van der Waals surface area contributed by atoms with Crippen molar-refractivity contribution < 1.29 is 4.79 Å². The Morgan fingerprint density at radius 2 is 2.00 bits per heavy atom. The standard InChI is InChI=1S/C13H16N2O/c14-12-8-15(13(12)16)11-6-5-9-3-1-2-4-10(9)7-11/h1-4,11-12H,5-8,14H2. The number of amides is 1. The molecule has 1 aliphatic carbocycles. The van der Waals surface area contributed by atoms with E-state index < -0.39 is 0 Å². The number of β-lactam (4-membered cyclic amide) rings is 1. The molecule has 1 saturated heterocycles. The van der Waals surface area contributed by atoms with Gasteiger partial charge in [0.05, 0.1) is 0 Å². The monoisotopic (exact) mass is 216 g/mol. The molecule has 0 bridgehead atoms. The van der Waals surface area contributed by atoms with Gasteiger partial charge in [0.25, 0.3) is 0 Å². The average Bonchev–Trinajstić information content (AvgIpc) is 2.35. The fraction of sp³-hybridized carbons (Fsp3) is 0.462. The van der Waals surface area contributed by atoms with Gasteiger partial charge in [-0.1, -0.05) is 24.3 Å². The fourth-order valence-electron chi connectivity index (χ4n) is 2.75. The van der Waals surface area contributed by atoms with Gasteiger partial charge in [-0.15, -0.1) is 0 Å². The molecular formula is C13H16N2O. The molecule has 1 aliphatic heterocycles. The van der Waals surface area contributed by atoms with Gasteiger partial charge >= 0.3 is 0 Å². The smallest absolute Gasteiger partial charge is 0.241 e. The maximum atomic E-state index is 11.6. The number of benzene rings is 1. The summed E-state index contributed by atoms with van der Waals surface area (Å²) in [5.41, 5.74) is 8.46. The van der Waals surface area contributed by atoms with E-state index in [1.165, 1.54) is 11.1 Å². The van der Waals surface area contributed by atoms with E-state index in [-0.39, 0.29) is 11.9 Å². The van der Waals surface area contributed by atoms with Crippen LogP contribution in [0, 0.1) is 0 Å². The van der Waals surface area contributed by atoms with Crippen LogP contribution in [0.25, 0.3) is 0 Å². The number of nitrogens with zero attached hydrogens (tertiary/aromatic N) is 1. The molecule has 1 fully saturated rings. The van der Waals surface area contributed by atoms with E-state index in [4.69, 9.17) is 5.73 Å². The van der Waals surface area contributed by atoms with E-state index in [2.05, 4.69) is 24.3 Å². The summed E-state index contributed by atoms with van der Waals surface area (Å²) in [6.07, 6.45) is 3.16. The molecule has 1 aromatic rings. The number of likely N-dealkylation sites (tertiary alicyclic amines) is 1. The third-order valence-electron chi connectivity index (χ3n) is 3.76. The van der Waals surface area contributed by atoms with Gasteiger partial charge in [0, 0.05) is 12.6 Å². The Morgan fingerprint density at radius 3 is 2.69 bits per heavy atom. The van der Waals surface area contributed by atoms with E-state index in [0.29, 0.717) is 6.04 Å². The first-order valence-electron chi connectivity index (χ1n) is 5.88. The van der Waals surface area contributed by atoms with Crippen LogP contribution in [0.2, 0.25) is 0 Å². The zero-order valence-electron chi connectivity index (χ0n) is 9.23. The van der Waals surface area contributed by atoms with Gasteiger partial charge in [0.1, 0.15) is 6.04 Å². The summed E-state index contributed by atoms with van der Waals surface area (Å²) in [4.78, 5) is 13.5. The van der Waals surface area contributed by atoms with Crippen molar-refractivity contribution in [1.82, 2.24) is 4.90 Å². The van der Waals surface area contributed by atoms with Crippen molar-refractivity contribution in [2.24, 2.45) is 5.73 Å². The van der Waals surface area contributed by atoms with Crippen LogP contribution in [0.3, 0.4) is 0 Å². The summed E-state index contributed by atoms with van der Waals surface area (Å²) in [6, 6.07) is 8.66. The van der Waals surface area contributed by atoms with Crippen molar-refractivity contribution in [2.75, 3.05) is 6.54 Å². The summed E-state index contributed by atoms with van der Waals surface area (Å²) >= 11 is 0. The average molecular weight is 216 g/mol. The molecule has 0 aromatic heterocycles. The molecule has 0 saturated carbocycles. The van der Waals surface area contributed by atoms with Gasteiger partial charge in [0.2, 0.25) is 5.91 Å². The number of hydrogen-bond acceptors (Lipinski definition) is 2. The molecule has 2 atom stereocenters. The predicted molar refractivity (Wildman–Crippen MR) is 61.9 cm³/mol. The molecule has 2 aliphatic rings. The van der Waals surface area contributed by atoms with Crippen molar-refractivity contribution in [3.05, 3.63) is 35.4 Å². The molecular weight excluding hydrogens is 200 g/mol. The molecule has 3 rings (SSSR count). The first kappa shape index (κ1) is 9.85. The topological polar surface area (TPSA) is 46.3 Å². The summed E-state index contributed by atoms with van der Waals surface area (Å²) < 4.78 is 0. The number of carbonyl (C=O) groups is 1. The molecule has 84 valence electrons. The van der Waals surface area contributed by atoms with E-state index in [1.807, 2.05) is 4.90 Å². The first-order valence-corrected chi connectivity index (χ1v) is 5.88. The minimum atomic E-state index is -0.239. The third kappa shape index (κ3) is 1.43. The van der Waals surface area contributed by atoms with E-state index in [9.17, 15) is 4.79 Å². The zero-order chi connectivity index (χ0) is 11.1. The number of fused-ring (bicyclic) bond motifs is 1. The van der Waals surface area contributed by atoms with Crippen LogP contribution >= 0.6 is 0 Å². The van der Waals surface area contributed by atoms with Gasteiger partial charge in [-0.2, -0.15) is 0 Å². The Hall–Kier alpha value is -1.35. The molecule has 1 aromatic carbocycles. The van der Waals surface area contributed by atoms with Gasteiger partial charge < -0.3 is 10.6 Å². The highest BCUT2D eigenvalue weighted by Gasteiger charge is 2.39. The Bertz CT molecular complexity index is 430. The second kappa shape index (κ2) is 3.59. The van der Waals surface area contributed by atoms with Crippen LogP contribution in [-0.4, -0.2) is 29.4 Å². The van der Waals surface area contributed by atoms with Crippen molar-refractivity contribution in [3.8, 4) is 0 Å². The summed E-state index contributed by atoms with van der Waals surface area (Å²) in [5.74, 6) is 0.129. The van der Waals surface area contributed by atoms with Crippen molar-refractivity contribution >= 4 is 5.91 Å². The molecule has 16 heavy (non-hydrogen) atoms. The van der Waals surface area contributed by atoms with Crippen LogP contribution in [0.15, 0.2) is 24.3 Å². The van der Waals surface area contributed by atoms with Crippen LogP contribution in [0.1, 0.15) is 17.5 Å². The first-order chi connectivity index (χ1) is 7.75. The molecule has 2 unspecified atom stereocenters. The zero-order valence-corrected chi connectivity index (χ0v) is 9.23. The minimum absolute atomic E-state index is 0.129. The van der Waals surface area contributed by atoms with Crippen molar-refractivity contribution in [2.45, 2.75) is 31.3 Å². The maximum absolute atomic E-state index is 11.6. The van der Waals surface area contributed by atoms with Crippen LogP contribution in [0.4, 0.5) is 0 Å². The second-order valence-corrected chi connectivity index (χ2v) is 4.76. The van der Waals surface area contributed by atoms with E-state index >= 15 is 0 Å². The predicted octanol–water partition coefficient (Wildman–Crippen LogP) is 0.713. The highest BCUT2D eigenvalue weighted by molar-refractivity contribution is 5.88. The summed E-state index contributed by atoms with van der Waals surface area (Å²) in [7, 11) is 0. The highest BCUT2D eigenvalue weighted by Crippen LogP contribution is 2.27. The molecule has 0 spiro atoms. The Balaban J connectivity index is 1.76. The lowest BCUT2D eigenvalue weighted by molar-refractivity contribution is -0.145. The molecule has 1 heterocycles. The van der Waals surface area contributed by atoms with Gasteiger partial charge in [-0.25, -0.2) is 0 Å². The largest absolute Gasteiger partial charge is 0.336 e. The second-order valence-electron chi connectivity index (χ2n) is 4.76. The number of aryl methyl sites for hydroxylation is 1. The molecule has 3 nitrogen and oxygen atoms in total. The van der Waals surface area contributed by atoms with Crippen LogP contribution < -0.4 is 5.73 Å². The Labute approximate surface area is 95.2 Å². The maximum Gasteiger partial charge on any atom is 0.241 e. The van der Waals surface area contributed by atoms with Crippen molar-refractivity contribution in [3.63, 3.8) is 0 Å². The van der Waals surface area contributed by atoms with Gasteiger partial charge in [-0.3, -0.25) is 4.79 Å². The highest BCUT2D eigenvalue weighted by atomic mass is 16.2. The van der Waals surface area contributed by atoms with Gasteiger partial charge in [0.15, 0.2) is 0 Å². The third-order valence-corrected chi connectivity index (χ3v) is 3.76. The Morgan fingerprint density at radius 1 is 1.25 bits per heavy atom.